The van der Waals surface area contributed by atoms with Crippen molar-refractivity contribution in [1.29, 1.82) is 0 Å². The van der Waals surface area contributed by atoms with Gasteiger partial charge < -0.3 is 16.4 Å². The standard InChI is InChI=1S/C17H15F3N6/c1-10-3-2-8-22-14(10)26-16-13(21)15(23-9-24-16)25-12-6-4-11(5-7-12)17(18,19)20/h2-9H,21H2,1H3,(H2,22,23,24,25,26). The number of benzene rings is 1. The van der Waals surface area contributed by atoms with Crippen LogP contribution < -0.4 is 16.4 Å². The SMILES string of the molecule is Cc1cccnc1Nc1ncnc(Nc2ccc(C(F)(F)F)cc2)c1N. The molecule has 1 aromatic carbocycles. The molecule has 0 bridgehead atoms. The molecule has 0 aliphatic heterocycles. The summed E-state index contributed by atoms with van der Waals surface area (Å²) in [5, 5.41) is 5.91. The third-order valence-electron chi connectivity index (χ3n) is 3.61. The molecule has 26 heavy (non-hydrogen) atoms. The highest BCUT2D eigenvalue weighted by Gasteiger charge is 2.29. The van der Waals surface area contributed by atoms with E-state index in [2.05, 4.69) is 25.6 Å². The van der Waals surface area contributed by atoms with Gasteiger partial charge in [0, 0.05) is 11.9 Å². The van der Waals surface area contributed by atoms with Gasteiger partial charge in [0.2, 0.25) is 0 Å². The lowest BCUT2D eigenvalue weighted by Crippen LogP contribution is -2.07. The first-order chi connectivity index (χ1) is 12.3. The predicted octanol–water partition coefficient (Wildman–Crippen LogP) is 4.27. The molecule has 134 valence electrons. The molecule has 0 saturated heterocycles. The first-order valence-corrected chi connectivity index (χ1v) is 7.58. The number of pyridine rings is 1. The van der Waals surface area contributed by atoms with Crippen molar-refractivity contribution in [1.82, 2.24) is 15.0 Å². The fourth-order valence-corrected chi connectivity index (χ4v) is 2.20. The number of alkyl halides is 3. The van der Waals surface area contributed by atoms with Crippen molar-refractivity contribution in [3.05, 3.63) is 60.0 Å². The van der Waals surface area contributed by atoms with Crippen molar-refractivity contribution < 1.29 is 13.2 Å². The maximum absolute atomic E-state index is 12.6. The Labute approximate surface area is 147 Å². The number of nitrogens with one attached hydrogen (secondary N) is 2. The molecule has 2 aromatic heterocycles. The summed E-state index contributed by atoms with van der Waals surface area (Å²) in [7, 11) is 0. The molecule has 0 unspecified atom stereocenters. The van der Waals surface area contributed by atoms with Gasteiger partial charge in [-0.1, -0.05) is 6.07 Å². The number of halogens is 3. The molecule has 0 spiro atoms. The van der Waals surface area contributed by atoms with E-state index in [0.29, 0.717) is 17.3 Å². The Hall–Kier alpha value is -3.36. The predicted molar refractivity (Wildman–Crippen MR) is 93.4 cm³/mol. The van der Waals surface area contributed by atoms with Gasteiger partial charge >= 0.3 is 6.18 Å². The molecule has 3 aromatic rings. The van der Waals surface area contributed by atoms with Gasteiger partial charge in [0.05, 0.1) is 5.56 Å². The Morgan fingerprint density at radius 3 is 2.15 bits per heavy atom. The Kier molecular flexibility index (Phi) is 4.61. The molecule has 2 heterocycles. The van der Waals surface area contributed by atoms with E-state index in [1.54, 1.807) is 12.3 Å². The highest BCUT2D eigenvalue weighted by Crippen LogP contribution is 2.32. The van der Waals surface area contributed by atoms with Crippen molar-refractivity contribution in [2.45, 2.75) is 13.1 Å². The molecule has 3 rings (SSSR count). The Bertz CT molecular complexity index is 909. The number of nitrogens with two attached hydrogens (primary N) is 1. The van der Waals surface area contributed by atoms with Crippen LogP contribution in [-0.4, -0.2) is 15.0 Å². The summed E-state index contributed by atoms with van der Waals surface area (Å²) < 4.78 is 37.9. The van der Waals surface area contributed by atoms with Crippen molar-refractivity contribution in [3.63, 3.8) is 0 Å². The lowest BCUT2D eigenvalue weighted by atomic mass is 10.2. The van der Waals surface area contributed by atoms with E-state index in [4.69, 9.17) is 5.73 Å². The van der Waals surface area contributed by atoms with Crippen LogP contribution in [0.4, 0.5) is 42.0 Å². The van der Waals surface area contributed by atoms with Crippen LogP contribution in [0.3, 0.4) is 0 Å². The van der Waals surface area contributed by atoms with Crippen LogP contribution in [0, 0.1) is 6.92 Å². The number of nitrogen functional groups attached to an aromatic ring is 1. The van der Waals surface area contributed by atoms with Crippen LogP contribution in [0.25, 0.3) is 0 Å². The highest BCUT2D eigenvalue weighted by atomic mass is 19.4. The summed E-state index contributed by atoms with van der Waals surface area (Å²) in [6.07, 6.45) is -1.46. The van der Waals surface area contributed by atoms with Gasteiger partial charge in [-0.05, 0) is 42.8 Å². The normalized spacial score (nSPS) is 11.2. The minimum absolute atomic E-state index is 0.220. The van der Waals surface area contributed by atoms with Gasteiger partial charge in [-0.25, -0.2) is 15.0 Å². The van der Waals surface area contributed by atoms with Gasteiger partial charge in [0.25, 0.3) is 0 Å². The molecular weight excluding hydrogens is 345 g/mol. The number of aryl methyl sites for hydroxylation is 1. The smallest absolute Gasteiger partial charge is 0.393 e. The highest BCUT2D eigenvalue weighted by molar-refractivity contribution is 5.80. The van der Waals surface area contributed by atoms with E-state index < -0.39 is 11.7 Å². The van der Waals surface area contributed by atoms with Crippen molar-refractivity contribution >= 4 is 28.8 Å². The number of hydrogen-bond acceptors (Lipinski definition) is 6. The average Bonchev–Trinajstić information content (AvgIpc) is 2.60. The first-order valence-electron chi connectivity index (χ1n) is 7.58. The molecule has 4 N–H and O–H groups in total. The quantitative estimate of drug-likeness (QED) is 0.644. The second kappa shape index (κ2) is 6.87. The zero-order valence-corrected chi connectivity index (χ0v) is 13.7. The third-order valence-corrected chi connectivity index (χ3v) is 3.61. The fourth-order valence-electron chi connectivity index (χ4n) is 2.20. The summed E-state index contributed by atoms with van der Waals surface area (Å²) in [6.45, 7) is 1.88. The molecule has 0 amide bonds. The molecule has 0 fully saturated rings. The summed E-state index contributed by atoms with van der Waals surface area (Å²) in [6, 6.07) is 8.27. The fraction of sp³-hybridized carbons (Fsp3) is 0.118. The Morgan fingerprint density at radius 1 is 0.885 bits per heavy atom. The van der Waals surface area contributed by atoms with E-state index in [1.807, 2.05) is 13.0 Å². The van der Waals surface area contributed by atoms with Gasteiger partial charge in [0.15, 0.2) is 11.6 Å². The lowest BCUT2D eigenvalue weighted by molar-refractivity contribution is -0.137. The Morgan fingerprint density at radius 2 is 1.54 bits per heavy atom. The maximum Gasteiger partial charge on any atom is 0.416 e. The first kappa shape index (κ1) is 17.5. The Balaban J connectivity index is 1.82. The number of nitrogens with zero attached hydrogens (tertiary/aromatic N) is 3. The van der Waals surface area contributed by atoms with E-state index >= 15 is 0 Å². The second-order valence-electron chi connectivity index (χ2n) is 5.48. The summed E-state index contributed by atoms with van der Waals surface area (Å²) >= 11 is 0. The minimum Gasteiger partial charge on any atom is -0.393 e. The van der Waals surface area contributed by atoms with E-state index in [-0.39, 0.29) is 11.5 Å². The van der Waals surface area contributed by atoms with Crippen molar-refractivity contribution in [2.75, 3.05) is 16.4 Å². The monoisotopic (exact) mass is 360 g/mol. The van der Waals surface area contributed by atoms with E-state index in [0.717, 1.165) is 17.7 Å². The van der Waals surface area contributed by atoms with Crippen LogP contribution in [0.15, 0.2) is 48.9 Å². The van der Waals surface area contributed by atoms with Crippen LogP contribution in [-0.2, 0) is 6.18 Å². The molecule has 9 heteroatoms. The van der Waals surface area contributed by atoms with Gasteiger partial charge in [0.1, 0.15) is 17.8 Å². The van der Waals surface area contributed by atoms with Gasteiger partial charge in [-0.2, -0.15) is 13.2 Å². The van der Waals surface area contributed by atoms with Crippen LogP contribution >= 0.6 is 0 Å². The third kappa shape index (κ3) is 3.82. The summed E-state index contributed by atoms with van der Waals surface area (Å²) in [4.78, 5) is 12.3. The number of rotatable bonds is 4. The molecule has 0 atom stereocenters. The topological polar surface area (TPSA) is 88.8 Å². The molecule has 6 nitrogen and oxygen atoms in total. The molecule has 0 aliphatic rings. The van der Waals surface area contributed by atoms with Crippen LogP contribution in [0.1, 0.15) is 11.1 Å². The van der Waals surface area contributed by atoms with E-state index in [9.17, 15) is 13.2 Å². The lowest BCUT2D eigenvalue weighted by Gasteiger charge is -2.13. The largest absolute Gasteiger partial charge is 0.416 e. The molecule has 0 saturated carbocycles. The van der Waals surface area contributed by atoms with Crippen molar-refractivity contribution in [2.24, 2.45) is 0 Å². The second-order valence-corrected chi connectivity index (χ2v) is 5.48. The molecule has 0 aliphatic carbocycles. The number of anilines is 5. The molecular formula is C17H15F3N6. The zero-order valence-electron chi connectivity index (χ0n) is 13.7. The summed E-state index contributed by atoms with van der Waals surface area (Å²) in [5.74, 6) is 1.21. The minimum atomic E-state index is -4.38. The number of aromatic nitrogens is 3. The average molecular weight is 360 g/mol. The van der Waals surface area contributed by atoms with Crippen LogP contribution in [0.2, 0.25) is 0 Å². The van der Waals surface area contributed by atoms with E-state index in [1.165, 1.54) is 18.5 Å². The summed E-state index contributed by atoms with van der Waals surface area (Å²) in [5.41, 5.74) is 6.89. The van der Waals surface area contributed by atoms with Gasteiger partial charge in [-0.15, -0.1) is 0 Å². The van der Waals surface area contributed by atoms with Crippen LogP contribution in [0.5, 0.6) is 0 Å². The number of hydrogen-bond donors (Lipinski definition) is 3. The van der Waals surface area contributed by atoms with Crippen molar-refractivity contribution in [3.8, 4) is 0 Å². The molecule has 0 radical (unpaired) electrons. The zero-order chi connectivity index (χ0) is 18.7. The van der Waals surface area contributed by atoms with Gasteiger partial charge in [-0.3, -0.25) is 0 Å². The maximum atomic E-state index is 12.6.